The van der Waals surface area contributed by atoms with Gasteiger partial charge in [0.25, 0.3) is 5.95 Å². The number of esters is 1. The maximum absolute atomic E-state index is 14.0. The molecule has 2 heterocycles. The molecule has 0 saturated heterocycles. The highest BCUT2D eigenvalue weighted by Gasteiger charge is 2.34. The average Bonchev–Trinajstić information content (AvgIpc) is 3.66. The zero-order chi connectivity index (χ0) is 48.7. The van der Waals surface area contributed by atoms with E-state index < -0.39 is 70.0 Å². The second-order valence-corrected chi connectivity index (χ2v) is 19.6. The molecule has 0 aliphatic rings. The maximum atomic E-state index is 14.0. The molecule has 3 aromatic carbocycles. The van der Waals surface area contributed by atoms with Gasteiger partial charge in [-0.3, -0.25) is 14.4 Å². The number of sulfone groups is 1. The first kappa shape index (κ1) is 50.3. The van der Waals surface area contributed by atoms with Gasteiger partial charge in [0.2, 0.25) is 6.79 Å². The van der Waals surface area contributed by atoms with E-state index in [4.69, 9.17) is 18.9 Å². The van der Waals surface area contributed by atoms with Crippen molar-refractivity contribution in [2.24, 2.45) is 17.8 Å². The normalized spacial score (nSPS) is 13.2. The fraction of sp³-hybridized carbons (Fsp3) is 0.396. The number of anilines is 2. The Morgan fingerprint density at radius 1 is 0.833 bits per heavy atom. The van der Waals surface area contributed by atoms with Crippen LogP contribution in [-0.4, -0.2) is 84.5 Å². The first-order valence-electron chi connectivity index (χ1n) is 21.2. The molecule has 0 bridgehead atoms. The Hall–Kier alpha value is -6.69. The number of amides is 2. The molecular formula is C48H56FN5O11S. The van der Waals surface area contributed by atoms with Gasteiger partial charge in [0.1, 0.15) is 23.0 Å². The molecule has 1 N–H and O–H groups in total. The minimum atomic E-state index is -3.70. The molecule has 18 heteroatoms. The highest BCUT2D eigenvalue weighted by molar-refractivity contribution is 7.90. The number of hydrogen-bond donors (Lipinski definition) is 1. The number of nitrogens with one attached hydrogen (secondary N) is 1. The second-order valence-electron chi connectivity index (χ2n) is 17.6. The van der Waals surface area contributed by atoms with E-state index in [9.17, 15) is 36.8 Å². The van der Waals surface area contributed by atoms with Gasteiger partial charge in [-0.25, -0.2) is 31.8 Å². The monoisotopic (exact) mass is 929 g/mol. The number of nitrogens with zero attached hydrogens (tertiary/aromatic N) is 4. The van der Waals surface area contributed by atoms with Crippen LogP contribution in [0.15, 0.2) is 90.0 Å². The lowest BCUT2D eigenvalue weighted by Gasteiger charge is -2.27. The third-order valence-corrected chi connectivity index (χ3v) is 11.7. The van der Waals surface area contributed by atoms with E-state index in [1.165, 1.54) is 42.0 Å². The topological polar surface area (TPSA) is 202 Å². The molecule has 0 radical (unpaired) electrons. The van der Waals surface area contributed by atoms with Crippen LogP contribution in [0.3, 0.4) is 0 Å². The van der Waals surface area contributed by atoms with Crippen molar-refractivity contribution in [3.8, 4) is 16.9 Å². The van der Waals surface area contributed by atoms with Gasteiger partial charge in [0.05, 0.1) is 29.7 Å². The van der Waals surface area contributed by atoms with Crippen LogP contribution in [0.25, 0.3) is 16.8 Å². The van der Waals surface area contributed by atoms with Gasteiger partial charge in [0, 0.05) is 42.8 Å². The van der Waals surface area contributed by atoms with Crippen molar-refractivity contribution in [3.63, 3.8) is 0 Å². The number of carbonyl (C=O) groups excluding carboxylic acids is 5. The number of rotatable bonds is 18. The van der Waals surface area contributed by atoms with E-state index >= 15 is 0 Å². The Morgan fingerprint density at radius 2 is 1.48 bits per heavy atom. The van der Waals surface area contributed by atoms with Gasteiger partial charge < -0.3 is 24.3 Å². The Morgan fingerprint density at radius 3 is 2.08 bits per heavy atom. The van der Waals surface area contributed by atoms with Crippen molar-refractivity contribution in [2.75, 3.05) is 25.1 Å². The second kappa shape index (κ2) is 21.1. The third-order valence-electron chi connectivity index (χ3n) is 10.6. The smallest absolute Gasteiger partial charge is 0.424 e. The number of ketones is 2. The first-order valence-corrected chi connectivity index (χ1v) is 23.1. The molecule has 5 rings (SSSR count). The zero-order valence-electron chi connectivity index (χ0n) is 38.7. The van der Waals surface area contributed by atoms with Gasteiger partial charge in [-0.05, 0) is 85.7 Å². The van der Waals surface area contributed by atoms with Crippen LogP contribution in [0.4, 0.5) is 25.6 Å². The van der Waals surface area contributed by atoms with Crippen LogP contribution in [0, 0.1) is 23.6 Å². The van der Waals surface area contributed by atoms with E-state index in [1.54, 1.807) is 85.9 Å². The summed E-state index contributed by atoms with van der Waals surface area (Å²) in [6, 6.07) is 19.6. The Kier molecular flexibility index (Phi) is 16.1. The van der Waals surface area contributed by atoms with Gasteiger partial charge >= 0.3 is 18.2 Å². The van der Waals surface area contributed by atoms with Crippen molar-refractivity contribution >= 4 is 56.8 Å². The summed E-state index contributed by atoms with van der Waals surface area (Å²) in [5.74, 6) is -4.00. The lowest BCUT2D eigenvalue weighted by Crippen LogP contribution is -2.47. The minimum absolute atomic E-state index is 0.000827. The Labute approximate surface area is 383 Å². The number of hydrogen-bond acceptors (Lipinski definition) is 13. The van der Waals surface area contributed by atoms with Gasteiger partial charge in [-0.1, -0.05) is 71.0 Å². The molecule has 0 unspecified atom stereocenters. The summed E-state index contributed by atoms with van der Waals surface area (Å²) in [6.45, 7) is 12.9. The highest BCUT2D eigenvalue weighted by atomic mass is 32.2. The van der Waals surface area contributed by atoms with Crippen molar-refractivity contribution in [1.82, 2.24) is 19.9 Å². The van der Waals surface area contributed by atoms with E-state index in [1.807, 2.05) is 24.3 Å². The number of methoxy groups -OCH3 is 1. The summed E-state index contributed by atoms with van der Waals surface area (Å²) < 4.78 is 61.4. The lowest BCUT2D eigenvalue weighted by atomic mass is 9.86. The standard InChI is InChI=1S/C48H56FN5O11S/c1-28(2)37(25-40(56)43(29(3)4)51-46(58)65-48(6,7)8)44(57)63-27-64-47(59)54(38-21-20-36(66(10,60)61)24-41(38)62-9)45-50-42-22-17-34(26-53(42)52-45)33-13-11-31(12-14-33)23-39(55)30(5)32-15-18-35(49)19-16-32/h11-22,24,26,28-30,37,43H,23,25,27H2,1-10H3,(H,51,58)/t30-,37+,43+/m1/s1. The molecule has 2 aromatic heterocycles. The molecule has 5 aromatic rings. The van der Waals surface area contributed by atoms with Crippen molar-refractivity contribution in [3.05, 3.63) is 102 Å². The third kappa shape index (κ3) is 13.0. The molecule has 2 amide bonds. The fourth-order valence-corrected chi connectivity index (χ4v) is 7.54. The molecule has 16 nitrogen and oxygen atoms in total. The molecule has 0 aliphatic heterocycles. The van der Waals surface area contributed by atoms with Crippen LogP contribution in [0.1, 0.15) is 78.9 Å². The number of alkyl carbamates (subject to hydrolysis) is 1. The average molecular weight is 930 g/mol. The molecule has 0 fully saturated rings. The number of Topliss-reactive ketones (excluding diaryl/α,β-unsaturated/α-hetero) is 2. The zero-order valence-corrected chi connectivity index (χ0v) is 39.5. The summed E-state index contributed by atoms with van der Waals surface area (Å²) >= 11 is 0. The van der Waals surface area contributed by atoms with E-state index in [0.29, 0.717) is 11.2 Å². The van der Waals surface area contributed by atoms with Crippen LogP contribution < -0.4 is 15.0 Å². The van der Waals surface area contributed by atoms with Crippen LogP contribution in [0.2, 0.25) is 0 Å². The number of pyridine rings is 1. The number of ether oxygens (including phenoxy) is 4. The molecule has 0 spiro atoms. The van der Waals surface area contributed by atoms with Gasteiger partial charge in [-0.2, -0.15) is 4.98 Å². The molecule has 0 aliphatic carbocycles. The van der Waals surface area contributed by atoms with Crippen LogP contribution >= 0.6 is 0 Å². The summed E-state index contributed by atoms with van der Waals surface area (Å²) in [6.07, 6.45) is 0.694. The maximum Gasteiger partial charge on any atom is 0.424 e. The number of aromatic nitrogens is 3. The van der Waals surface area contributed by atoms with Crippen molar-refractivity contribution in [2.45, 2.75) is 90.7 Å². The fourth-order valence-electron chi connectivity index (χ4n) is 6.90. The summed E-state index contributed by atoms with van der Waals surface area (Å²) in [4.78, 5) is 71.9. The predicted molar refractivity (Wildman–Crippen MR) is 244 cm³/mol. The Bertz CT molecular complexity index is 2680. The minimum Gasteiger partial charge on any atom is -0.495 e. The van der Waals surface area contributed by atoms with Crippen LogP contribution in [-0.2, 0) is 44.9 Å². The predicted octanol–water partition coefficient (Wildman–Crippen LogP) is 8.42. The van der Waals surface area contributed by atoms with Gasteiger partial charge in [0.15, 0.2) is 21.3 Å². The number of halogens is 1. The number of fused-ring (bicyclic) bond motifs is 1. The number of carbonyl (C=O) groups is 5. The van der Waals surface area contributed by atoms with Crippen molar-refractivity contribution in [1.29, 1.82) is 0 Å². The number of benzene rings is 3. The SMILES string of the molecule is COc1cc(S(C)(=O)=O)ccc1N(C(=O)OCOC(=O)[C@@H](CC(=O)[C@@H](NC(=O)OC(C)(C)C)C(C)C)C(C)C)c1nc2ccc(-c3ccc(CC(=O)[C@H](C)c4ccc(F)cc4)cc3)cn2n1. The van der Waals surface area contributed by atoms with Crippen LogP contribution in [0.5, 0.6) is 5.75 Å². The van der Waals surface area contributed by atoms with E-state index in [-0.39, 0.29) is 52.6 Å². The molecule has 3 atom stereocenters. The largest absolute Gasteiger partial charge is 0.495 e. The highest BCUT2D eigenvalue weighted by Crippen LogP contribution is 2.36. The Balaban J connectivity index is 1.36. The van der Waals surface area contributed by atoms with E-state index in [2.05, 4.69) is 15.4 Å². The van der Waals surface area contributed by atoms with E-state index in [0.717, 1.165) is 27.8 Å². The molecule has 0 saturated carbocycles. The first-order chi connectivity index (χ1) is 30.9. The molecule has 352 valence electrons. The van der Waals surface area contributed by atoms with Crippen molar-refractivity contribution < 1.29 is 55.7 Å². The summed E-state index contributed by atoms with van der Waals surface area (Å²) in [5.41, 5.74) is 2.53. The molecule has 66 heavy (non-hydrogen) atoms. The lowest BCUT2D eigenvalue weighted by molar-refractivity contribution is -0.159. The quantitative estimate of drug-likeness (QED) is 0.0649. The summed E-state index contributed by atoms with van der Waals surface area (Å²) in [7, 11) is -2.41. The molecular weight excluding hydrogens is 874 g/mol. The summed E-state index contributed by atoms with van der Waals surface area (Å²) in [5, 5.41) is 7.16. The van der Waals surface area contributed by atoms with Gasteiger partial charge in [-0.15, -0.1) is 5.10 Å².